The van der Waals surface area contributed by atoms with Crippen molar-refractivity contribution in [2.45, 2.75) is 83.6 Å². The van der Waals surface area contributed by atoms with Gasteiger partial charge < -0.3 is 25.4 Å². The zero-order valence-electron chi connectivity index (χ0n) is 31.0. The molecule has 0 bridgehead atoms. The van der Waals surface area contributed by atoms with E-state index < -0.39 is 27.5 Å². The van der Waals surface area contributed by atoms with Crippen molar-refractivity contribution in [1.82, 2.24) is 10.6 Å². The number of ether oxygens (including phenoxy) is 1. The summed E-state index contributed by atoms with van der Waals surface area (Å²) in [5, 5.41) is 14.6. The fourth-order valence-electron chi connectivity index (χ4n) is 7.28. The number of fused-ring (bicyclic) bond motifs is 2. The molecule has 0 saturated heterocycles. The molecule has 51 heavy (non-hydrogen) atoms. The highest BCUT2D eigenvalue weighted by Gasteiger charge is 2.59. The number of methoxy groups -OCH3 is 1. The molecule has 11 nitrogen and oxygen atoms in total. The Labute approximate surface area is 303 Å². The molecule has 2 heterocycles. The lowest BCUT2D eigenvalue weighted by atomic mass is 9.62. The van der Waals surface area contributed by atoms with Gasteiger partial charge in [0.15, 0.2) is 18.0 Å². The number of unbranched alkanes of at least 4 members (excludes halogenated alkanes) is 1. The largest absolute Gasteiger partial charge is 0.384 e. The normalized spacial score (nSPS) is 22.1. The zero-order valence-corrected chi connectivity index (χ0v) is 31.8. The highest BCUT2D eigenvalue weighted by Crippen LogP contribution is 2.55. The van der Waals surface area contributed by atoms with Gasteiger partial charge in [-0.3, -0.25) is 14.1 Å². The van der Waals surface area contributed by atoms with Crippen molar-refractivity contribution < 1.29 is 37.0 Å². The summed E-state index contributed by atoms with van der Waals surface area (Å²) < 4.78 is 41.7. The second kappa shape index (κ2) is 16.2. The van der Waals surface area contributed by atoms with Crippen LogP contribution in [0.5, 0.6) is 0 Å². The Balaban J connectivity index is 1.52. The van der Waals surface area contributed by atoms with E-state index in [0.29, 0.717) is 32.4 Å². The van der Waals surface area contributed by atoms with Crippen molar-refractivity contribution in [3.63, 3.8) is 0 Å². The van der Waals surface area contributed by atoms with E-state index >= 15 is 0 Å². The van der Waals surface area contributed by atoms with Crippen molar-refractivity contribution in [1.29, 1.82) is 0 Å². The Morgan fingerprint density at radius 3 is 2.49 bits per heavy atom. The van der Waals surface area contributed by atoms with Crippen LogP contribution in [0.2, 0.25) is 0 Å². The number of hydrogen-bond acceptors (Lipinski definition) is 7. The summed E-state index contributed by atoms with van der Waals surface area (Å²) >= 11 is 0. The van der Waals surface area contributed by atoms with Gasteiger partial charge in [0.2, 0.25) is 11.8 Å². The number of carbonyl (C=O) groups excluding carboxylic acids is 2. The molecule has 0 aromatic heterocycles. The van der Waals surface area contributed by atoms with E-state index in [1.807, 2.05) is 32.1 Å². The number of nitrogens with zero attached hydrogens (tertiary/aromatic N) is 2. The van der Waals surface area contributed by atoms with E-state index in [2.05, 4.69) is 71.3 Å². The number of nitrogens with one attached hydrogen (secondary N) is 2. The van der Waals surface area contributed by atoms with Crippen molar-refractivity contribution in [3.05, 3.63) is 83.8 Å². The van der Waals surface area contributed by atoms with Crippen molar-refractivity contribution in [2.75, 3.05) is 44.8 Å². The van der Waals surface area contributed by atoms with Crippen LogP contribution in [0.25, 0.3) is 0 Å². The number of anilines is 1. The average molecular weight is 724 g/mol. The third-order valence-corrected chi connectivity index (χ3v) is 11.5. The summed E-state index contributed by atoms with van der Waals surface area (Å²) in [4.78, 5) is 25.9. The lowest BCUT2D eigenvalue weighted by Crippen LogP contribution is -2.38. The van der Waals surface area contributed by atoms with E-state index in [0.717, 1.165) is 29.9 Å². The van der Waals surface area contributed by atoms with Gasteiger partial charge in [-0.05, 0) is 76.8 Å². The smallest absolute Gasteiger partial charge is 0.294 e. The van der Waals surface area contributed by atoms with Crippen LogP contribution in [0.1, 0.15) is 72.8 Å². The maximum atomic E-state index is 12.4. The molecule has 12 heteroatoms. The molecular formula is C39H55N4O7S+. The van der Waals surface area contributed by atoms with Crippen molar-refractivity contribution in [3.8, 4) is 0 Å². The fourth-order valence-corrected chi connectivity index (χ4v) is 7.79. The maximum Gasteiger partial charge on any atom is 0.294 e. The summed E-state index contributed by atoms with van der Waals surface area (Å²) in [6, 6.07) is 4.69. The van der Waals surface area contributed by atoms with E-state index in [4.69, 9.17) is 4.74 Å². The first kappa shape index (κ1) is 39.9. The number of allylic oxidation sites excluding steroid dienone is 10. The topological polar surface area (TPSA) is 148 Å². The second-order valence-electron chi connectivity index (χ2n) is 14.7. The minimum Gasteiger partial charge on any atom is -0.384 e. The van der Waals surface area contributed by atoms with Gasteiger partial charge in [0.1, 0.15) is 12.7 Å². The molecule has 4 rings (SSSR count). The monoisotopic (exact) mass is 723 g/mol. The maximum absolute atomic E-state index is 12.4. The van der Waals surface area contributed by atoms with Gasteiger partial charge in [0, 0.05) is 62.1 Å². The van der Waals surface area contributed by atoms with Crippen LogP contribution in [-0.4, -0.2) is 86.2 Å². The molecule has 0 spiro atoms. The quantitative estimate of drug-likeness (QED) is 0.0824. The summed E-state index contributed by atoms with van der Waals surface area (Å²) in [6.07, 6.45) is 18.4. The Bertz CT molecular complexity index is 1780. The third-order valence-electron chi connectivity index (χ3n) is 10.7. The number of aliphatic hydroxyl groups excluding tert-OH is 1. The summed E-state index contributed by atoms with van der Waals surface area (Å²) in [5.41, 5.74) is 4.45. The third kappa shape index (κ3) is 8.63. The molecule has 2 aliphatic heterocycles. The number of carbonyl (C=O) groups is 2. The van der Waals surface area contributed by atoms with Gasteiger partial charge in [0.25, 0.3) is 10.1 Å². The molecule has 2 atom stereocenters. The SMILES string of the molecule is COCC[N+]1=C(/C=C/C=C/C=C2/N(CCCCC(=O)NCCNC(=O)C(C)O)c3ccc(S(=O)(=O)O)cc3C2(C)C)C(C)(C)C2(C)CC=CC=C12. The molecule has 0 fully saturated rings. The Hall–Kier alpha value is -3.84. The van der Waals surface area contributed by atoms with Crippen molar-refractivity contribution >= 4 is 33.3 Å². The van der Waals surface area contributed by atoms with E-state index in [-0.39, 0.29) is 34.7 Å². The highest BCUT2D eigenvalue weighted by molar-refractivity contribution is 7.85. The van der Waals surface area contributed by atoms with Gasteiger partial charge >= 0.3 is 0 Å². The molecule has 3 aliphatic rings. The van der Waals surface area contributed by atoms with Crippen molar-refractivity contribution in [2.24, 2.45) is 10.8 Å². The van der Waals surface area contributed by atoms with Gasteiger partial charge in [0.05, 0.1) is 15.7 Å². The van der Waals surface area contributed by atoms with Crippen LogP contribution in [0.4, 0.5) is 5.69 Å². The fraction of sp³-hybridized carbons (Fsp3) is 0.513. The Morgan fingerprint density at radius 1 is 1.08 bits per heavy atom. The summed E-state index contributed by atoms with van der Waals surface area (Å²) in [6.45, 7) is 14.9. The number of amides is 2. The lowest BCUT2D eigenvalue weighted by molar-refractivity contribution is -0.482. The number of rotatable bonds is 16. The number of benzene rings is 1. The van der Waals surface area contributed by atoms with E-state index in [9.17, 15) is 27.7 Å². The number of aliphatic hydroxyl groups is 1. The van der Waals surface area contributed by atoms with Crippen LogP contribution < -0.4 is 15.5 Å². The highest BCUT2D eigenvalue weighted by atomic mass is 32.2. The zero-order chi connectivity index (χ0) is 37.6. The number of hydrogen-bond donors (Lipinski definition) is 4. The first-order chi connectivity index (χ1) is 24.0. The molecule has 0 saturated carbocycles. The second-order valence-corrected chi connectivity index (χ2v) is 16.1. The standard InChI is InChI=1S/C39H54N4O7S/c1-28(44)36(46)41-23-22-40-35(45)18-12-14-24-42-31-20-19-29(51(47,48)49)27-30(31)37(2,3)32(42)15-9-8-10-16-33-38(4,5)39(6)21-13-11-17-34(39)43(33)25-26-50-7/h8-11,13,15-17,19-20,27-28,44H,12,14,18,21-26H2,1-7H3,(H2-,40,41,45,46,47,48,49)/p+1. The first-order valence-corrected chi connectivity index (χ1v) is 19.1. The van der Waals surface area contributed by atoms with Crippen LogP contribution >= 0.6 is 0 Å². The summed E-state index contributed by atoms with van der Waals surface area (Å²) in [7, 11) is -2.66. The summed E-state index contributed by atoms with van der Waals surface area (Å²) in [5.74, 6) is -0.614. The van der Waals surface area contributed by atoms with Crippen LogP contribution in [0.15, 0.2) is 83.1 Å². The molecule has 4 N–H and O–H groups in total. The molecule has 1 aliphatic carbocycles. The predicted octanol–water partition coefficient (Wildman–Crippen LogP) is 4.80. The molecular weight excluding hydrogens is 669 g/mol. The van der Waals surface area contributed by atoms with Gasteiger partial charge in [-0.2, -0.15) is 13.0 Å². The van der Waals surface area contributed by atoms with E-state index in [1.165, 1.54) is 24.4 Å². The molecule has 1 aromatic rings. The molecule has 1 aromatic carbocycles. The van der Waals surface area contributed by atoms with Gasteiger partial charge in [-0.25, -0.2) is 0 Å². The Kier molecular flexibility index (Phi) is 12.7. The van der Waals surface area contributed by atoms with Crippen LogP contribution in [0, 0.1) is 10.8 Å². The van der Waals surface area contributed by atoms with Crippen LogP contribution in [-0.2, 0) is 29.9 Å². The Morgan fingerprint density at radius 2 is 1.80 bits per heavy atom. The van der Waals surface area contributed by atoms with Gasteiger partial charge in [-0.1, -0.05) is 44.2 Å². The van der Waals surface area contributed by atoms with Gasteiger partial charge in [-0.15, -0.1) is 0 Å². The lowest BCUT2D eigenvalue weighted by Gasteiger charge is -2.35. The van der Waals surface area contributed by atoms with E-state index in [1.54, 1.807) is 19.2 Å². The first-order valence-electron chi connectivity index (χ1n) is 17.7. The average Bonchev–Trinajstić information content (AvgIpc) is 3.38. The molecule has 2 unspecified atom stereocenters. The predicted molar refractivity (Wildman–Crippen MR) is 200 cm³/mol. The molecule has 0 radical (unpaired) electrons. The minimum absolute atomic E-state index is 0.0284. The van der Waals surface area contributed by atoms with Crippen LogP contribution in [0.3, 0.4) is 0 Å². The molecule has 278 valence electrons. The molecule has 2 amide bonds. The minimum atomic E-state index is -4.39.